The molecule has 1 saturated carbocycles. The molecule has 1 aliphatic carbocycles. The van der Waals surface area contributed by atoms with Gasteiger partial charge in [-0.05, 0) is 12.8 Å². The van der Waals surface area contributed by atoms with Crippen LogP contribution in [0.5, 0.6) is 0 Å². The summed E-state index contributed by atoms with van der Waals surface area (Å²) in [5.41, 5.74) is 0.946. The van der Waals surface area contributed by atoms with Crippen LogP contribution < -0.4 is 5.32 Å². The molecule has 2 rings (SSSR count). The molecule has 1 spiro atoms. The summed E-state index contributed by atoms with van der Waals surface area (Å²) in [5, 5.41) is 2.92. The van der Waals surface area contributed by atoms with Crippen molar-refractivity contribution >= 4 is 5.91 Å². The molecule has 48 valence electrons. The zero-order chi connectivity index (χ0) is 6.48. The fourth-order valence-electron chi connectivity index (χ4n) is 1.31. The highest BCUT2D eigenvalue weighted by molar-refractivity contribution is 5.96. The normalized spacial score (nSPS) is 28.9. The number of hydrogen-bond acceptors (Lipinski definition) is 1. The standard InChI is InChI=1S/C7H9NO/c1-5-4-7(2-3-7)8-6(5)9/h1-4H2,(H,8,9). The summed E-state index contributed by atoms with van der Waals surface area (Å²) in [7, 11) is 0. The Morgan fingerprint density at radius 2 is 2.22 bits per heavy atom. The first-order valence-electron chi connectivity index (χ1n) is 3.22. The molecule has 0 aromatic carbocycles. The lowest BCUT2D eigenvalue weighted by atomic mass is 10.1. The molecule has 1 saturated heterocycles. The molecular weight excluding hydrogens is 114 g/mol. The molecule has 1 heterocycles. The van der Waals surface area contributed by atoms with Crippen molar-refractivity contribution < 1.29 is 4.79 Å². The molecule has 2 heteroatoms. The summed E-state index contributed by atoms with van der Waals surface area (Å²) in [5.74, 6) is 0.0625. The Morgan fingerprint density at radius 1 is 1.56 bits per heavy atom. The predicted octanol–water partition coefficient (Wildman–Crippen LogP) is 0.595. The van der Waals surface area contributed by atoms with E-state index in [0.29, 0.717) is 0 Å². The molecule has 2 aliphatic rings. The third-order valence-electron chi connectivity index (χ3n) is 2.11. The van der Waals surface area contributed by atoms with Gasteiger partial charge < -0.3 is 5.32 Å². The van der Waals surface area contributed by atoms with Gasteiger partial charge in [0, 0.05) is 17.5 Å². The minimum Gasteiger partial charge on any atom is -0.347 e. The van der Waals surface area contributed by atoms with Crippen LogP contribution in [0.2, 0.25) is 0 Å². The van der Waals surface area contributed by atoms with Gasteiger partial charge in [-0.2, -0.15) is 0 Å². The van der Waals surface area contributed by atoms with E-state index in [2.05, 4.69) is 11.9 Å². The number of rotatable bonds is 0. The van der Waals surface area contributed by atoms with Crippen LogP contribution in [0.1, 0.15) is 19.3 Å². The van der Waals surface area contributed by atoms with Gasteiger partial charge in [0.2, 0.25) is 5.91 Å². The maximum Gasteiger partial charge on any atom is 0.247 e. The second kappa shape index (κ2) is 1.20. The largest absolute Gasteiger partial charge is 0.347 e. The average Bonchev–Trinajstić information content (AvgIpc) is 2.42. The molecule has 1 amide bonds. The lowest BCUT2D eigenvalue weighted by molar-refractivity contribution is -0.116. The van der Waals surface area contributed by atoms with E-state index in [1.165, 1.54) is 0 Å². The third-order valence-corrected chi connectivity index (χ3v) is 2.11. The quantitative estimate of drug-likeness (QED) is 0.469. The van der Waals surface area contributed by atoms with Gasteiger partial charge in [-0.1, -0.05) is 6.58 Å². The molecule has 2 fully saturated rings. The summed E-state index contributed by atoms with van der Waals surface area (Å²) in [6, 6.07) is 0. The summed E-state index contributed by atoms with van der Waals surface area (Å²) < 4.78 is 0. The summed E-state index contributed by atoms with van der Waals surface area (Å²) in [6.07, 6.45) is 3.18. The van der Waals surface area contributed by atoms with Gasteiger partial charge in [-0.25, -0.2) is 0 Å². The smallest absolute Gasteiger partial charge is 0.247 e. The Balaban J connectivity index is 2.23. The third kappa shape index (κ3) is 0.590. The second-order valence-corrected chi connectivity index (χ2v) is 3.01. The summed E-state index contributed by atoms with van der Waals surface area (Å²) >= 11 is 0. The molecule has 1 aliphatic heterocycles. The zero-order valence-corrected chi connectivity index (χ0v) is 5.24. The average molecular weight is 123 g/mol. The Labute approximate surface area is 53.9 Å². The predicted molar refractivity (Wildman–Crippen MR) is 33.9 cm³/mol. The van der Waals surface area contributed by atoms with Crippen LogP contribution in [0.15, 0.2) is 12.2 Å². The van der Waals surface area contributed by atoms with E-state index in [-0.39, 0.29) is 11.4 Å². The fourth-order valence-corrected chi connectivity index (χ4v) is 1.31. The minimum atomic E-state index is 0.0625. The first kappa shape index (κ1) is 5.03. The van der Waals surface area contributed by atoms with Crippen molar-refractivity contribution in [1.82, 2.24) is 5.32 Å². The van der Waals surface area contributed by atoms with E-state index in [1.807, 2.05) is 0 Å². The van der Waals surface area contributed by atoms with E-state index in [0.717, 1.165) is 24.8 Å². The van der Waals surface area contributed by atoms with Gasteiger partial charge in [-0.3, -0.25) is 4.79 Å². The van der Waals surface area contributed by atoms with Gasteiger partial charge in [0.15, 0.2) is 0 Å². The van der Waals surface area contributed by atoms with E-state index >= 15 is 0 Å². The maximum atomic E-state index is 10.8. The van der Waals surface area contributed by atoms with Crippen molar-refractivity contribution in [3.8, 4) is 0 Å². The van der Waals surface area contributed by atoms with E-state index in [4.69, 9.17) is 0 Å². The first-order chi connectivity index (χ1) is 4.22. The van der Waals surface area contributed by atoms with Crippen molar-refractivity contribution in [2.24, 2.45) is 0 Å². The summed E-state index contributed by atoms with van der Waals surface area (Å²) in [6.45, 7) is 3.66. The van der Waals surface area contributed by atoms with Crippen LogP contribution in [0, 0.1) is 0 Å². The molecular formula is C7H9NO. The summed E-state index contributed by atoms with van der Waals surface area (Å²) in [4.78, 5) is 10.8. The Morgan fingerprint density at radius 3 is 2.44 bits per heavy atom. The van der Waals surface area contributed by atoms with Crippen LogP contribution in [-0.2, 0) is 4.79 Å². The molecule has 2 nitrogen and oxygen atoms in total. The SMILES string of the molecule is C=C1CC2(CC2)NC1=O. The Bertz CT molecular complexity index is 173. The number of nitrogens with one attached hydrogen (secondary N) is 1. The van der Waals surface area contributed by atoms with E-state index < -0.39 is 0 Å². The Hall–Kier alpha value is -0.790. The van der Waals surface area contributed by atoms with Crippen molar-refractivity contribution in [3.05, 3.63) is 12.2 Å². The van der Waals surface area contributed by atoms with Crippen LogP contribution in [-0.4, -0.2) is 11.4 Å². The molecule has 9 heavy (non-hydrogen) atoms. The number of carbonyl (C=O) groups is 1. The number of carbonyl (C=O) groups excluding carboxylic acids is 1. The van der Waals surface area contributed by atoms with Crippen molar-refractivity contribution in [2.45, 2.75) is 24.8 Å². The van der Waals surface area contributed by atoms with Gasteiger partial charge in [0.25, 0.3) is 0 Å². The topological polar surface area (TPSA) is 29.1 Å². The molecule has 0 aromatic rings. The van der Waals surface area contributed by atoms with Crippen molar-refractivity contribution in [3.63, 3.8) is 0 Å². The number of amides is 1. The number of hydrogen-bond donors (Lipinski definition) is 1. The highest BCUT2D eigenvalue weighted by Gasteiger charge is 2.49. The van der Waals surface area contributed by atoms with Gasteiger partial charge in [0.1, 0.15) is 0 Å². The van der Waals surface area contributed by atoms with E-state index in [9.17, 15) is 4.79 Å². The van der Waals surface area contributed by atoms with Gasteiger partial charge in [0.05, 0.1) is 0 Å². The highest BCUT2D eigenvalue weighted by Crippen LogP contribution is 2.44. The molecule has 0 unspecified atom stereocenters. The van der Waals surface area contributed by atoms with Crippen LogP contribution in [0.4, 0.5) is 0 Å². The van der Waals surface area contributed by atoms with E-state index in [1.54, 1.807) is 0 Å². The molecule has 0 atom stereocenters. The van der Waals surface area contributed by atoms with Crippen molar-refractivity contribution in [1.29, 1.82) is 0 Å². The van der Waals surface area contributed by atoms with Crippen LogP contribution in [0.25, 0.3) is 0 Å². The fraction of sp³-hybridized carbons (Fsp3) is 0.571. The van der Waals surface area contributed by atoms with Gasteiger partial charge in [-0.15, -0.1) is 0 Å². The minimum absolute atomic E-state index is 0.0625. The molecule has 0 aromatic heterocycles. The lowest BCUT2D eigenvalue weighted by Crippen LogP contribution is -2.26. The van der Waals surface area contributed by atoms with Gasteiger partial charge >= 0.3 is 0 Å². The zero-order valence-electron chi connectivity index (χ0n) is 5.24. The molecule has 1 N–H and O–H groups in total. The van der Waals surface area contributed by atoms with Crippen LogP contribution >= 0.6 is 0 Å². The lowest BCUT2D eigenvalue weighted by Gasteiger charge is -2.00. The first-order valence-corrected chi connectivity index (χ1v) is 3.22. The molecule has 0 radical (unpaired) electrons. The second-order valence-electron chi connectivity index (χ2n) is 3.01. The molecule has 0 bridgehead atoms. The van der Waals surface area contributed by atoms with Crippen molar-refractivity contribution in [2.75, 3.05) is 0 Å². The van der Waals surface area contributed by atoms with Crippen LogP contribution in [0.3, 0.4) is 0 Å². The highest BCUT2D eigenvalue weighted by atomic mass is 16.2. The monoisotopic (exact) mass is 123 g/mol. The Kier molecular flexibility index (Phi) is 0.672. The maximum absolute atomic E-state index is 10.8.